The molecule has 1 spiro atoms. The average molecular weight is 1150 g/mol. The topological polar surface area (TPSA) is 320 Å². The van der Waals surface area contributed by atoms with E-state index < -0.39 is 99.7 Å². The number of amides is 2. The van der Waals surface area contributed by atoms with Crippen LogP contribution < -0.4 is 30.8 Å². The van der Waals surface area contributed by atoms with Crippen LogP contribution in [0.5, 0.6) is 23.0 Å². The van der Waals surface area contributed by atoms with Crippen LogP contribution in [-0.2, 0) is 28.6 Å². The summed E-state index contributed by atoms with van der Waals surface area (Å²) >= 11 is 0.734. The molecule has 1 aromatic heterocycles. The van der Waals surface area contributed by atoms with Gasteiger partial charge in [0, 0.05) is 101 Å². The number of esters is 2. The van der Waals surface area contributed by atoms with E-state index in [1.807, 2.05) is 0 Å². The predicted octanol–water partition coefficient (Wildman–Crippen LogP) is 6.98. The molecule has 0 aliphatic carbocycles. The number of carbonyl (C=O) groups is 5. The van der Waals surface area contributed by atoms with Gasteiger partial charge in [0.15, 0.2) is 16.5 Å². The lowest BCUT2D eigenvalue weighted by Crippen LogP contribution is -2.46. The largest absolute Gasteiger partial charge is 0.507 e. The van der Waals surface area contributed by atoms with Crippen LogP contribution in [-0.4, -0.2) is 127 Å². The fourth-order valence-corrected chi connectivity index (χ4v) is 11.3. The molecule has 1 fully saturated rings. The van der Waals surface area contributed by atoms with E-state index in [0.29, 0.717) is 31.8 Å². The van der Waals surface area contributed by atoms with Crippen LogP contribution in [0.15, 0.2) is 76.6 Å². The second-order valence-electron chi connectivity index (χ2n) is 21.8. The number of aliphatic hydroxyl groups is 2. The number of thiazole rings is 1. The molecule has 4 aromatic rings. The highest BCUT2D eigenvalue weighted by atomic mass is 32.1. The minimum absolute atomic E-state index is 0.0364. The summed E-state index contributed by atoms with van der Waals surface area (Å²) in [5.41, 5.74) is -0.442. The number of nitrogens with zero attached hydrogens (tertiary/aromatic N) is 5. The Labute approximate surface area is 477 Å². The zero-order valence-electron chi connectivity index (χ0n) is 47.8. The van der Waals surface area contributed by atoms with Crippen molar-refractivity contribution in [1.29, 1.82) is 0 Å². The number of aromatic nitrogens is 1. The number of nitrogens with one attached hydrogen (secondary N) is 2. The number of carbonyl (C=O) groups excluding carboxylic acids is 5. The van der Waals surface area contributed by atoms with Crippen molar-refractivity contribution in [3.8, 4) is 23.0 Å². The van der Waals surface area contributed by atoms with Gasteiger partial charge in [-0.15, -0.1) is 0 Å². The zero-order valence-corrected chi connectivity index (χ0v) is 48.7. The van der Waals surface area contributed by atoms with E-state index >= 15 is 0 Å². The summed E-state index contributed by atoms with van der Waals surface area (Å²) in [6.07, 6.45) is 6.09. The number of hydrogen-bond donors (Lipinski definition) is 6. The van der Waals surface area contributed by atoms with Crippen molar-refractivity contribution in [3.05, 3.63) is 104 Å². The van der Waals surface area contributed by atoms with Crippen molar-refractivity contribution in [1.82, 2.24) is 9.88 Å². The Morgan fingerprint density at radius 1 is 0.951 bits per heavy atom. The fourth-order valence-electron chi connectivity index (χ4n) is 10.7. The fraction of sp³-hybridized carbons (Fsp3) is 0.483. The van der Waals surface area contributed by atoms with Gasteiger partial charge in [-0.25, -0.2) is 4.98 Å². The summed E-state index contributed by atoms with van der Waals surface area (Å²) in [7, 11) is 1.47. The third kappa shape index (κ3) is 13.0. The van der Waals surface area contributed by atoms with Gasteiger partial charge in [-0.3, -0.25) is 49.4 Å². The third-order valence-electron chi connectivity index (χ3n) is 15.2. The molecule has 4 aliphatic heterocycles. The van der Waals surface area contributed by atoms with E-state index in [-0.39, 0.29) is 76.8 Å². The molecule has 24 heteroatoms. The smallest absolute Gasteiger partial charge is 0.345 e. The highest BCUT2D eigenvalue weighted by Gasteiger charge is 2.50. The molecule has 2 amide bonds. The number of benzene rings is 3. The first-order valence-corrected chi connectivity index (χ1v) is 27.7. The number of rotatable bonds is 8. The van der Waals surface area contributed by atoms with Crippen LogP contribution >= 0.6 is 11.3 Å². The maximum absolute atomic E-state index is 14.7. The molecule has 3 aromatic carbocycles. The van der Waals surface area contributed by atoms with E-state index in [9.17, 15) is 54.5 Å². The van der Waals surface area contributed by atoms with E-state index in [1.54, 1.807) is 78.0 Å². The summed E-state index contributed by atoms with van der Waals surface area (Å²) in [4.78, 5) is 90.4. The summed E-state index contributed by atoms with van der Waals surface area (Å²) in [6, 6.07) is 6.16. The Morgan fingerprint density at radius 2 is 1.62 bits per heavy atom. The molecule has 0 saturated carbocycles. The van der Waals surface area contributed by atoms with Crippen LogP contribution in [0.3, 0.4) is 0 Å². The number of aromatic hydroxyl groups is 2. The van der Waals surface area contributed by atoms with Gasteiger partial charge in [0.1, 0.15) is 40.6 Å². The number of ether oxygens (including phenoxy) is 5. The first-order chi connectivity index (χ1) is 38.6. The molecule has 4 aliphatic rings. The van der Waals surface area contributed by atoms with Crippen molar-refractivity contribution in [2.75, 3.05) is 37.4 Å². The van der Waals surface area contributed by atoms with Crippen LogP contribution in [0.1, 0.15) is 108 Å². The highest BCUT2D eigenvalue weighted by Crippen LogP contribution is 2.50. The minimum Gasteiger partial charge on any atom is -0.507 e. The zero-order chi connectivity index (χ0) is 60.3. The molecule has 23 nitrogen and oxygen atoms in total. The van der Waals surface area contributed by atoms with Crippen molar-refractivity contribution >= 4 is 67.5 Å². The summed E-state index contributed by atoms with van der Waals surface area (Å²) < 4.78 is 28.9. The van der Waals surface area contributed by atoms with Crippen molar-refractivity contribution in [2.24, 2.45) is 39.6 Å². The number of para-hydroxylation sites is 1. The first kappa shape index (κ1) is 62.0. The number of anilines is 2. The van der Waals surface area contributed by atoms with Crippen LogP contribution in [0, 0.1) is 46.6 Å². The Bertz CT molecular complexity index is 3390. The van der Waals surface area contributed by atoms with Crippen molar-refractivity contribution in [2.45, 2.75) is 125 Å². The normalized spacial score (nSPS) is 26.8. The second-order valence-corrected chi connectivity index (χ2v) is 22.8. The lowest BCUT2D eigenvalue weighted by atomic mass is 9.78. The van der Waals surface area contributed by atoms with Gasteiger partial charge in [0.05, 0.1) is 51.4 Å². The quantitative estimate of drug-likeness (QED) is 0.0341. The lowest BCUT2D eigenvalue weighted by molar-refractivity contribution is -0.380. The van der Waals surface area contributed by atoms with Gasteiger partial charge < -0.3 is 54.3 Å². The van der Waals surface area contributed by atoms with Crippen molar-refractivity contribution in [3.63, 3.8) is 0 Å². The van der Waals surface area contributed by atoms with E-state index in [4.69, 9.17) is 33.7 Å². The van der Waals surface area contributed by atoms with Gasteiger partial charge in [0.2, 0.25) is 0 Å². The van der Waals surface area contributed by atoms with E-state index in [2.05, 4.69) is 34.4 Å². The van der Waals surface area contributed by atoms with E-state index in [1.165, 1.54) is 46.3 Å². The SMILES string of the molecule is CC(=O)Oc1ccccc1C(=O)Nc1ncc([N+](=O)[O-])s1.CO[C@H]1/C=C\O[C@@]2(C)Oc3c(C)c(O)c4c(O)c(c5c(c4c3C2=O)=NC2(CCN(CC(C)C)CC2)N=5)NC(=O)/C(C)=C/C=C\[C@H](C)[C@H](O)[C@@H](C)[C@@H](O)[C@@H](C)[C@@H](OC(C)=O)[C@H]1C. The maximum atomic E-state index is 14.7. The van der Waals surface area contributed by atoms with Crippen molar-refractivity contribution < 1.29 is 73.0 Å². The summed E-state index contributed by atoms with van der Waals surface area (Å²) in [5, 5.41) is 63.0. The third-order valence-corrected chi connectivity index (χ3v) is 16.0. The summed E-state index contributed by atoms with van der Waals surface area (Å²) in [5.74, 6) is -7.47. The number of nitro groups is 1. The second kappa shape index (κ2) is 25.2. The highest BCUT2D eigenvalue weighted by molar-refractivity contribution is 7.18. The molecular formula is C58H71N7O16S. The molecule has 5 heterocycles. The van der Waals surface area contributed by atoms with Gasteiger partial charge in [-0.2, -0.15) is 0 Å². The van der Waals surface area contributed by atoms with E-state index in [0.717, 1.165) is 24.1 Å². The van der Waals surface area contributed by atoms with Gasteiger partial charge >= 0.3 is 22.7 Å². The maximum Gasteiger partial charge on any atom is 0.345 e. The first-order valence-electron chi connectivity index (χ1n) is 26.9. The molecule has 8 rings (SSSR count). The molecule has 82 heavy (non-hydrogen) atoms. The van der Waals surface area contributed by atoms with Crippen LogP contribution in [0.2, 0.25) is 0 Å². The predicted molar refractivity (Wildman–Crippen MR) is 302 cm³/mol. The molecular weight excluding hydrogens is 1080 g/mol. The summed E-state index contributed by atoms with van der Waals surface area (Å²) in [6.45, 7) is 20.7. The number of fused-ring (bicyclic) bond motifs is 1. The molecule has 0 radical (unpaired) electrons. The number of methoxy groups -OCH3 is 1. The number of piperidine rings is 1. The molecule has 9 atom stereocenters. The number of aliphatic hydroxyl groups excluding tert-OH is 2. The number of ketones is 1. The number of likely N-dealkylation sites (tertiary alicyclic amines) is 1. The molecule has 6 N–H and O–H groups in total. The molecule has 1 saturated heterocycles. The van der Waals surface area contributed by atoms with Crippen LogP contribution in [0.25, 0.3) is 10.8 Å². The Morgan fingerprint density at radius 3 is 2.24 bits per heavy atom. The van der Waals surface area contributed by atoms with Gasteiger partial charge in [-0.1, -0.05) is 71.9 Å². The van der Waals surface area contributed by atoms with Gasteiger partial charge in [0.25, 0.3) is 17.6 Å². The molecule has 4 bridgehead atoms. The Hall–Kier alpha value is -7.64. The Balaban J connectivity index is 0.000000385. The molecule has 0 unspecified atom stereocenters. The number of Topliss-reactive ketones (excluding diaryl/α,β-unsaturated/α-hetero) is 1. The number of hydrogen-bond acceptors (Lipinski definition) is 21. The lowest BCUT2D eigenvalue weighted by Gasteiger charge is -2.38. The molecule has 440 valence electrons. The monoisotopic (exact) mass is 1150 g/mol. The standard InChI is InChI=1S/C46H62N4O11.C12H9N3O5S/c1-22(2)21-50-18-16-46(17-19-50)48-34-31-32-39(54)28(8)42-33(31)43(56)45(10,61-42)59-20-15-30(58-11)25(5)41(60-29(9)51)27(7)38(53)26(6)37(52)23(3)13-12-14-24(4)44(57)47-36(40(32)55)35(34)49-46;1-7(16)20-9-5-3-2-4-8(9)11(17)14-12-13-6-10(21-12)15(18)19/h12-15,20,22-23,25-27,30,37-38,41,52-55H,16-19,21H2,1-11H3,(H,47,57);2-6H,1H3,(H,13,14,17)/b13-12-,20-15-,24-14+;/t23-,25-,26+,27+,30-,37-,38+,41-,45-;/m0./s1. The number of phenolic OH excluding ortho intramolecular Hbond substituents is 2. The average Bonchev–Trinajstić information content (AvgIpc) is 1.67. The number of phenols is 2. The van der Waals surface area contributed by atoms with Crippen LogP contribution in [0.4, 0.5) is 15.8 Å². The number of allylic oxidation sites excluding steroid dienone is 2. The Kier molecular flexibility index (Phi) is 19.1. The van der Waals surface area contributed by atoms with Gasteiger partial charge in [-0.05, 0) is 49.3 Å². The minimum atomic E-state index is -1.96.